The van der Waals surface area contributed by atoms with Crippen LogP contribution >= 0.6 is 11.6 Å². The zero-order valence-electron chi connectivity index (χ0n) is 10.5. The van der Waals surface area contributed by atoms with Gasteiger partial charge in [0, 0.05) is 17.1 Å². The molecule has 1 unspecified atom stereocenters. The summed E-state index contributed by atoms with van der Waals surface area (Å²) in [4.78, 5) is 0. The first-order valence-corrected chi connectivity index (χ1v) is 6.57. The van der Waals surface area contributed by atoms with Crippen molar-refractivity contribution < 1.29 is 0 Å². The third-order valence-electron chi connectivity index (χ3n) is 2.99. The van der Waals surface area contributed by atoms with E-state index in [2.05, 4.69) is 32.2 Å². The molecule has 16 heavy (non-hydrogen) atoms. The molecule has 0 spiro atoms. The zero-order valence-corrected chi connectivity index (χ0v) is 11.2. The molecule has 0 amide bonds. The Kier molecular flexibility index (Phi) is 5.86. The monoisotopic (exact) mass is 239 g/mol. The predicted molar refractivity (Wildman–Crippen MR) is 72.0 cm³/mol. The summed E-state index contributed by atoms with van der Waals surface area (Å²) in [6.45, 7) is 6.64. The van der Waals surface area contributed by atoms with Gasteiger partial charge in [0.15, 0.2) is 0 Å². The van der Waals surface area contributed by atoms with E-state index in [1.807, 2.05) is 18.2 Å². The number of halogens is 1. The standard InChI is InChI=1S/C14H22ClN/c1-4-8-12(5-2)16-11(3)13-9-6-7-10-14(13)15/h6-7,9-12,16H,4-5,8H2,1-3H3/t11-,12?/m1/s1. The normalized spacial score (nSPS) is 14.8. The van der Waals surface area contributed by atoms with E-state index in [0.717, 1.165) is 5.02 Å². The van der Waals surface area contributed by atoms with Crippen LogP contribution in [0.3, 0.4) is 0 Å². The molecule has 0 fully saturated rings. The van der Waals surface area contributed by atoms with Gasteiger partial charge in [0.1, 0.15) is 0 Å². The quantitative estimate of drug-likeness (QED) is 0.767. The van der Waals surface area contributed by atoms with Gasteiger partial charge >= 0.3 is 0 Å². The molecule has 1 rings (SSSR count). The highest BCUT2D eigenvalue weighted by atomic mass is 35.5. The summed E-state index contributed by atoms with van der Waals surface area (Å²) in [5, 5.41) is 4.50. The van der Waals surface area contributed by atoms with Gasteiger partial charge in [0.05, 0.1) is 0 Å². The first-order valence-electron chi connectivity index (χ1n) is 6.19. The minimum absolute atomic E-state index is 0.324. The van der Waals surface area contributed by atoms with Gasteiger partial charge in [-0.3, -0.25) is 0 Å². The van der Waals surface area contributed by atoms with E-state index in [0.29, 0.717) is 12.1 Å². The topological polar surface area (TPSA) is 12.0 Å². The molecule has 0 aliphatic carbocycles. The van der Waals surface area contributed by atoms with Crippen LogP contribution in [0.2, 0.25) is 5.02 Å². The molecule has 90 valence electrons. The van der Waals surface area contributed by atoms with E-state index in [4.69, 9.17) is 11.6 Å². The SMILES string of the molecule is CCCC(CC)N[C@H](C)c1ccccc1Cl. The summed E-state index contributed by atoms with van der Waals surface area (Å²) in [5.74, 6) is 0. The van der Waals surface area contributed by atoms with Crippen molar-refractivity contribution in [2.75, 3.05) is 0 Å². The van der Waals surface area contributed by atoms with Crippen LogP contribution in [0, 0.1) is 0 Å². The molecule has 0 heterocycles. The Bertz CT molecular complexity index is 311. The number of hydrogen-bond acceptors (Lipinski definition) is 1. The molecule has 2 heteroatoms. The molecule has 1 N–H and O–H groups in total. The second-order valence-corrected chi connectivity index (χ2v) is 4.71. The summed E-state index contributed by atoms with van der Waals surface area (Å²) in [6, 6.07) is 8.98. The maximum absolute atomic E-state index is 6.18. The highest BCUT2D eigenvalue weighted by molar-refractivity contribution is 6.31. The minimum Gasteiger partial charge on any atom is -0.307 e. The molecule has 0 aromatic heterocycles. The maximum atomic E-state index is 6.18. The lowest BCUT2D eigenvalue weighted by molar-refractivity contribution is 0.417. The van der Waals surface area contributed by atoms with Gasteiger partial charge in [-0.05, 0) is 31.4 Å². The van der Waals surface area contributed by atoms with Gasteiger partial charge in [-0.1, -0.05) is 50.1 Å². The lowest BCUT2D eigenvalue weighted by atomic mass is 10.0. The van der Waals surface area contributed by atoms with E-state index in [1.54, 1.807) is 0 Å². The average Bonchev–Trinajstić information content (AvgIpc) is 2.28. The number of rotatable bonds is 6. The van der Waals surface area contributed by atoms with Gasteiger partial charge in [-0.25, -0.2) is 0 Å². The molecule has 0 bridgehead atoms. The molecule has 0 aliphatic rings. The van der Waals surface area contributed by atoms with Crippen LogP contribution in [0.1, 0.15) is 51.6 Å². The second kappa shape index (κ2) is 6.93. The van der Waals surface area contributed by atoms with Gasteiger partial charge in [0.25, 0.3) is 0 Å². The van der Waals surface area contributed by atoms with E-state index in [9.17, 15) is 0 Å². The Morgan fingerprint density at radius 3 is 2.50 bits per heavy atom. The van der Waals surface area contributed by atoms with Crippen LogP contribution in [0.15, 0.2) is 24.3 Å². The largest absolute Gasteiger partial charge is 0.307 e. The maximum Gasteiger partial charge on any atom is 0.0453 e. The third kappa shape index (κ3) is 3.80. The van der Waals surface area contributed by atoms with Gasteiger partial charge in [-0.15, -0.1) is 0 Å². The summed E-state index contributed by atoms with van der Waals surface area (Å²) in [6.07, 6.45) is 3.62. The lowest BCUT2D eigenvalue weighted by Gasteiger charge is -2.22. The molecular formula is C14H22ClN. The fraction of sp³-hybridized carbons (Fsp3) is 0.571. The first-order chi connectivity index (χ1) is 7.69. The van der Waals surface area contributed by atoms with E-state index >= 15 is 0 Å². The highest BCUT2D eigenvalue weighted by Gasteiger charge is 2.12. The van der Waals surface area contributed by atoms with Crippen molar-refractivity contribution in [3.8, 4) is 0 Å². The van der Waals surface area contributed by atoms with Crippen molar-refractivity contribution in [1.82, 2.24) is 5.32 Å². The van der Waals surface area contributed by atoms with Gasteiger partial charge in [-0.2, -0.15) is 0 Å². The predicted octanol–water partition coefficient (Wildman–Crippen LogP) is 4.57. The molecule has 0 saturated heterocycles. The van der Waals surface area contributed by atoms with Gasteiger partial charge in [0.2, 0.25) is 0 Å². The molecule has 1 nitrogen and oxygen atoms in total. The van der Waals surface area contributed by atoms with Gasteiger partial charge < -0.3 is 5.32 Å². The van der Waals surface area contributed by atoms with Crippen LogP contribution < -0.4 is 5.32 Å². The van der Waals surface area contributed by atoms with Crippen molar-refractivity contribution in [3.05, 3.63) is 34.9 Å². The van der Waals surface area contributed by atoms with Crippen LogP contribution in [0.4, 0.5) is 0 Å². The van der Waals surface area contributed by atoms with Crippen molar-refractivity contribution in [2.24, 2.45) is 0 Å². The van der Waals surface area contributed by atoms with Crippen molar-refractivity contribution in [2.45, 2.75) is 52.1 Å². The zero-order chi connectivity index (χ0) is 12.0. The summed E-state index contributed by atoms with van der Waals surface area (Å²) >= 11 is 6.18. The van der Waals surface area contributed by atoms with Crippen LogP contribution in [0.25, 0.3) is 0 Å². The molecular weight excluding hydrogens is 218 g/mol. The molecule has 1 aromatic carbocycles. The number of nitrogens with one attached hydrogen (secondary N) is 1. The fourth-order valence-corrected chi connectivity index (χ4v) is 2.32. The fourth-order valence-electron chi connectivity index (χ4n) is 2.02. The minimum atomic E-state index is 0.324. The molecule has 2 atom stereocenters. The molecule has 0 radical (unpaired) electrons. The summed E-state index contributed by atoms with van der Waals surface area (Å²) < 4.78 is 0. The van der Waals surface area contributed by atoms with E-state index in [-0.39, 0.29) is 0 Å². The lowest BCUT2D eigenvalue weighted by Crippen LogP contribution is -2.30. The Labute approximate surface area is 104 Å². The van der Waals surface area contributed by atoms with Crippen LogP contribution in [0.5, 0.6) is 0 Å². The number of hydrogen-bond donors (Lipinski definition) is 1. The smallest absolute Gasteiger partial charge is 0.0453 e. The Morgan fingerprint density at radius 2 is 1.94 bits per heavy atom. The van der Waals surface area contributed by atoms with Crippen molar-refractivity contribution in [1.29, 1.82) is 0 Å². The first kappa shape index (κ1) is 13.5. The molecule has 1 aromatic rings. The highest BCUT2D eigenvalue weighted by Crippen LogP contribution is 2.23. The molecule has 0 aliphatic heterocycles. The average molecular weight is 240 g/mol. The Balaban J connectivity index is 2.64. The van der Waals surface area contributed by atoms with Crippen LogP contribution in [-0.4, -0.2) is 6.04 Å². The number of benzene rings is 1. The van der Waals surface area contributed by atoms with Crippen molar-refractivity contribution >= 4 is 11.6 Å². The van der Waals surface area contributed by atoms with Crippen molar-refractivity contribution in [3.63, 3.8) is 0 Å². The Morgan fingerprint density at radius 1 is 1.25 bits per heavy atom. The second-order valence-electron chi connectivity index (χ2n) is 4.30. The van der Waals surface area contributed by atoms with Crippen LogP contribution in [-0.2, 0) is 0 Å². The van der Waals surface area contributed by atoms with E-state index < -0.39 is 0 Å². The summed E-state index contributed by atoms with van der Waals surface area (Å²) in [7, 11) is 0. The Hall–Kier alpha value is -0.530. The summed E-state index contributed by atoms with van der Waals surface area (Å²) in [5.41, 5.74) is 1.19. The van der Waals surface area contributed by atoms with E-state index in [1.165, 1.54) is 24.8 Å². The third-order valence-corrected chi connectivity index (χ3v) is 3.33. The molecule has 0 saturated carbocycles.